The molecular weight excluding hydrogens is 134 g/mol. The standard InChI is InChI=1S/C6H11NO3/c1-6(2,3)4(7)5(8)10-9/h7,9H,1-3H3. The molecule has 4 heteroatoms. The Bertz CT molecular complexity index is 157. The summed E-state index contributed by atoms with van der Waals surface area (Å²) in [6.45, 7) is 5.06. The lowest BCUT2D eigenvalue weighted by Crippen LogP contribution is -2.28. The zero-order valence-electron chi connectivity index (χ0n) is 6.26. The summed E-state index contributed by atoms with van der Waals surface area (Å²) in [7, 11) is 0. The van der Waals surface area contributed by atoms with Crippen molar-refractivity contribution in [3.8, 4) is 0 Å². The quantitative estimate of drug-likeness (QED) is 0.329. The number of carbonyl (C=O) groups excluding carboxylic acids is 1. The third-order valence-electron chi connectivity index (χ3n) is 1.04. The molecule has 0 saturated carbocycles. The van der Waals surface area contributed by atoms with Crippen molar-refractivity contribution in [3.63, 3.8) is 0 Å². The summed E-state index contributed by atoms with van der Waals surface area (Å²) in [5.41, 5.74) is -0.810. The second-order valence-corrected chi connectivity index (χ2v) is 3.00. The highest BCUT2D eigenvalue weighted by atomic mass is 17.1. The van der Waals surface area contributed by atoms with E-state index in [2.05, 4.69) is 4.89 Å². The lowest BCUT2D eigenvalue weighted by molar-refractivity contribution is -0.226. The molecule has 10 heavy (non-hydrogen) atoms. The fourth-order valence-electron chi connectivity index (χ4n) is 0.352. The smallest absolute Gasteiger partial charge is 0.297 e. The summed E-state index contributed by atoms with van der Waals surface area (Å²) < 4.78 is 0. The average molecular weight is 145 g/mol. The second kappa shape index (κ2) is 2.79. The van der Waals surface area contributed by atoms with Gasteiger partial charge in [0.1, 0.15) is 5.71 Å². The van der Waals surface area contributed by atoms with Crippen LogP contribution in [0.3, 0.4) is 0 Å². The van der Waals surface area contributed by atoms with Crippen molar-refractivity contribution in [1.29, 1.82) is 5.41 Å². The zero-order chi connectivity index (χ0) is 8.36. The highest BCUT2D eigenvalue weighted by Crippen LogP contribution is 2.14. The Kier molecular flexibility index (Phi) is 2.54. The predicted octanol–water partition coefficient (Wildman–Crippen LogP) is 1.07. The third-order valence-corrected chi connectivity index (χ3v) is 1.04. The Hall–Kier alpha value is -0.900. The van der Waals surface area contributed by atoms with Crippen LogP contribution in [0.4, 0.5) is 0 Å². The zero-order valence-corrected chi connectivity index (χ0v) is 6.26. The Morgan fingerprint density at radius 1 is 1.50 bits per heavy atom. The maximum absolute atomic E-state index is 10.5. The second-order valence-electron chi connectivity index (χ2n) is 3.00. The van der Waals surface area contributed by atoms with Gasteiger partial charge in [0.25, 0.3) is 0 Å². The molecule has 2 N–H and O–H groups in total. The molecule has 0 aliphatic carbocycles. The van der Waals surface area contributed by atoms with Crippen LogP contribution in [0, 0.1) is 10.8 Å². The minimum absolute atomic E-state index is 0.241. The summed E-state index contributed by atoms with van der Waals surface area (Å²) in [4.78, 5) is 13.8. The van der Waals surface area contributed by atoms with Crippen LogP contribution in [-0.4, -0.2) is 16.9 Å². The van der Waals surface area contributed by atoms with E-state index in [1.165, 1.54) is 0 Å². The summed E-state index contributed by atoms with van der Waals surface area (Å²) in [5, 5.41) is 15.0. The van der Waals surface area contributed by atoms with Crippen LogP contribution < -0.4 is 0 Å². The third kappa shape index (κ3) is 2.14. The molecule has 4 nitrogen and oxygen atoms in total. The molecule has 0 heterocycles. The molecule has 0 rings (SSSR count). The Morgan fingerprint density at radius 2 is 1.90 bits per heavy atom. The number of rotatable bonds is 1. The number of hydrogen-bond acceptors (Lipinski definition) is 4. The van der Waals surface area contributed by atoms with Crippen LogP contribution in [0.2, 0.25) is 0 Å². The normalized spacial score (nSPS) is 10.8. The van der Waals surface area contributed by atoms with Crippen LogP contribution in [0.15, 0.2) is 0 Å². The first-order valence-electron chi connectivity index (χ1n) is 2.84. The van der Waals surface area contributed by atoms with Gasteiger partial charge in [-0.1, -0.05) is 20.8 Å². The summed E-state index contributed by atoms with van der Waals surface area (Å²) in [5.74, 6) is -0.993. The van der Waals surface area contributed by atoms with Gasteiger partial charge in [0.15, 0.2) is 0 Å². The van der Waals surface area contributed by atoms with Gasteiger partial charge in [-0.05, 0) is 0 Å². The van der Waals surface area contributed by atoms with Crippen LogP contribution in [-0.2, 0) is 9.68 Å². The topological polar surface area (TPSA) is 70.4 Å². The molecule has 0 aromatic carbocycles. The SMILES string of the molecule is CC(C)(C)C(=N)C(=O)OO. The highest BCUT2D eigenvalue weighted by Gasteiger charge is 2.25. The molecular formula is C6H11NO3. The summed E-state index contributed by atoms with van der Waals surface area (Å²) >= 11 is 0. The van der Waals surface area contributed by atoms with E-state index < -0.39 is 11.4 Å². The Balaban J connectivity index is 4.24. The fourth-order valence-corrected chi connectivity index (χ4v) is 0.352. The molecule has 0 bridgehead atoms. The molecule has 0 aliphatic rings. The van der Waals surface area contributed by atoms with Gasteiger partial charge in [-0.3, -0.25) is 10.3 Å². The highest BCUT2D eigenvalue weighted by molar-refractivity contribution is 6.36. The van der Waals surface area contributed by atoms with Crippen molar-refractivity contribution in [3.05, 3.63) is 0 Å². The van der Waals surface area contributed by atoms with Gasteiger partial charge in [-0.25, -0.2) is 4.79 Å². The summed E-state index contributed by atoms with van der Waals surface area (Å²) in [6, 6.07) is 0. The van der Waals surface area contributed by atoms with Gasteiger partial charge < -0.3 is 0 Å². The number of nitrogens with one attached hydrogen (secondary N) is 1. The van der Waals surface area contributed by atoms with Gasteiger partial charge >= 0.3 is 5.97 Å². The van der Waals surface area contributed by atoms with Crippen molar-refractivity contribution < 1.29 is 14.9 Å². The molecule has 0 fully saturated rings. The van der Waals surface area contributed by atoms with E-state index in [0.29, 0.717) is 0 Å². The number of carbonyl (C=O) groups is 1. The largest absolute Gasteiger partial charge is 0.386 e. The Morgan fingerprint density at radius 3 is 2.00 bits per heavy atom. The first kappa shape index (κ1) is 9.10. The summed E-state index contributed by atoms with van der Waals surface area (Å²) in [6.07, 6.45) is 0. The Labute approximate surface area is 59.2 Å². The molecule has 0 amide bonds. The molecule has 0 radical (unpaired) electrons. The molecule has 0 saturated heterocycles. The van der Waals surface area contributed by atoms with Crippen molar-refractivity contribution in [1.82, 2.24) is 0 Å². The van der Waals surface area contributed by atoms with Crippen molar-refractivity contribution >= 4 is 11.7 Å². The number of hydrogen-bond donors (Lipinski definition) is 2. The van der Waals surface area contributed by atoms with Crippen molar-refractivity contribution in [2.24, 2.45) is 5.41 Å². The average Bonchev–Trinajstić information content (AvgIpc) is 1.83. The molecule has 0 unspecified atom stereocenters. The lowest BCUT2D eigenvalue weighted by atomic mass is 9.90. The first-order valence-corrected chi connectivity index (χ1v) is 2.84. The monoisotopic (exact) mass is 145 g/mol. The van der Waals surface area contributed by atoms with Crippen LogP contribution in [0.1, 0.15) is 20.8 Å². The molecule has 0 atom stereocenters. The molecule has 0 aromatic rings. The van der Waals surface area contributed by atoms with Gasteiger partial charge in [0.05, 0.1) is 0 Å². The minimum Gasteiger partial charge on any atom is -0.297 e. The van der Waals surface area contributed by atoms with Gasteiger partial charge in [0, 0.05) is 5.41 Å². The maximum atomic E-state index is 10.5. The van der Waals surface area contributed by atoms with Gasteiger partial charge in [0.2, 0.25) is 0 Å². The van der Waals surface area contributed by atoms with Crippen molar-refractivity contribution in [2.75, 3.05) is 0 Å². The van der Waals surface area contributed by atoms with Gasteiger partial charge in [-0.15, -0.1) is 0 Å². The first-order chi connectivity index (χ1) is 4.39. The van der Waals surface area contributed by atoms with Crippen LogP contribution >= 0.6 is 0 Å². The van der Waals surface area contributed by atoms with E-state index in [1.807, 2.05) is 0 Å². The van der Waals surface area contributed by atoms with E-state index in [0.717, 1.165) is 0 Å². The van der Waals surface area contributed by atoms with Crippen LogP contribution in [0.25, 0.3) is 0 Å². The van der Waals surface area contributed by atoms with Crippen molar-refractivity contribution in [2.45, 2.75) is 20.8 Å². The van der Waals surface area contributed by atoms with E-state index in [-0.39, 0.29) is 5.71 Å². The lowest BCUT2D eigenvalue weighted by Gasteiger charge is -2.15. The fraction of sp³-hybridized carbons (Fsp3) is 0.667. The molecule has 0 aliphatic heterocycles. The van der Waals surface area contributed by atoms with E-state index in [9.17, 15) is 4.79 Å². The van der Waals surface area contributed by atoms with E-state index >= 15 is 0 Å². The molecule has 0 spiro atoms. The maximum Gasteiger partial charge on any atom is 0.386 e. The van der Waals surface area contributed by atoms with Crippen LogP contribution in [0.5, 0.6) is 0 Å². The molecule has 58 valence electrons. The minimum atomic E-state index is -0.993. The van der Waals surface area contributed by atoms with E-state index in [1.54, 1.807) is 20.8 Å². The molecule has 0 aromatic heterocycles. The van der Waals surface area contributed by atoms with E-state index in [4.69, 9.17) is 10.7 Å². The van der Waals surface area contributed by atoms with Gasteiger partial charge in [-0.2, -0.15) is 5.26 Å². The predicted molar refractivity (Wildman–Crippen MR) is 35.9 cm³/mol.